The smallest absolute Gasteiger partial charge is 0.237 e. The van der Waals surface area contributed by atoms with Crippen molar-refractivity contribution in [3.8, 4) is 0 Å². The summed E-state index contributed by atoms with van der Waals surface area (Å²) in [5, 5.41) is 3.31. The van der Waals surface area contributed by atoms with E-state index in [2.05, 4.69) is 31.1 Å². The number of primary amides is 1. The van der Waals surface area contributed by atoms with Crippen molar-refractivity contribution in [1.82, 2.24) is 10.2 Å². The third kappa shape index (κ3) is 5.06. The van der Waals surface area contributed by atoms with E-state index >= 15 is 0 Å². The van der Waals surface area contributed by atoms with E-state index in [4.69, 9.17) is 5.73 Å². The highest BCUT2D eigenvalue weighted by molar-refractivity contribution is 5.84. The van der Waals surface area contributed by atoms with Crippen molar-refractivity contribution in [2.75, 3.05) is 20.1 Å². The van der Waals surface area contributed by atoms with Gasteiger partial charge in [-0.15, -0.1) is 0 Å². The molecule has 0 bridgehead atoms. The van der Waals surface area contributed by atoms with Crippen LogP contribution in [-0.2, 0) is 4.79 Å². The summed E-state index contributed by atoms with van der Waals surface area (Å²) in [6.45, 7) is 8.14. The first-order chi connectivity index (χ1) is 9.39. The Kier molecular flexibility index (Phi) is 6.96. The first-order valence-electron chi connectivity index (χ1n) is 8.14. The van der Waals surface area contributed by atoms with E-state index in [0.717, 1.165) is 31.8 Å². The lowest BCUT2D eigenvalue weighted by Crippen LogP contribution is -2.55. The largest absolute Gasteiger partial charge is 0.368 e. The molecule has 0 heterocycles. The number of carbonyl (C=O) groups excluding carboxylic acids is 1. The summed E-state index contributed by atoms with van der Waals surface area (Å²) in [7, 11) is 2.18. The molecule has 1 fully saturated rings. The highest BCUT2D eigenvalue weighted by Gasteiger charge is 2.31. The number of carbonyl (C=O) groups is 1. The molecule has 3 N–H and O–H groups in total. The average molecular weight is 283 g/mol. The van der Waals surface area contributed by atoms with Gasteiger partial charge in [0.25, 0.3) is 0 Å². The Morgan fingerprint density at radius 3 is 2.70 bits per heavy atom. The molecule has 0 spiro atoms. The lowest BCUT2D eigenvalue weighted by molar-refractivity contribution is -0.124. The molecule has 118 valence electrons. The van der Waals surface area contributed by atoms with Gasteiger partial charge in [0, 0.05) is 12.6 Å². The monoisotopic (exact) mass is 283 g/mol. The zero-order valence-corrected chi connectivity index (χ0v) is 13.7. The van der Waals surface area contributed by atoms with Gasteiger partial charge in [0.15, 0.2) is 0 Å². The first kappa shape index (κ1) is 17.4. The predicted octanol–water partition coefficient (Wildman–Crippen LogP) is 2.13. The number of rotatable bonds is 8. The second-order valence-electron chi connectivity index (χ2n) is 6.78. The minimum Gasteiger partial charge on any atom is -0.368 e. The molecule has 4 heteroatoms. The van der Waals surface area contributed by atoms with Gasteiger partial charge in [0.1, 0.15) is 0 Å². The van der Waals surface area contributed by atoms with Crippen LogP contribution in [-0.4, -0.2) is 42.5 Å². The molecular formula is C16H33N3O. The van der Waals surface area contributed by atoms with Gasteiger partial charge in [0.05, 0.1) is 5.54 Å². The molecule has 3 atom stereocenters. The molecule has 0 aromatic carbocycles. The Bertz CT molecular complexity index is 308. The van der Waals surface area contributed by atoms with Crippen LogP contribution in [0.5, 0.6) is 0 Å². The van der Waals surface area contributed by atoms with E-state index < -0.39 is 5.54 Å². The lowest BCUT2D eigenvalue weighted by atomic mass is 9.86. The van der Waals surface area contributed by atoms with Crippen molar-refractivity contribution in [2.45, 2.75) is 70.9 Å². The fraction of sp³-hybridized carbons (Fsp3) is 0.938. The van der Waals surface area contributed by atoms with E-state index in [1.807, 2.05) is 6.92 Å². The topological polar surface area (TPSA) is 58.4 Å². The quantitative estimate of drug-likeness (QED) is 0.717. The normalized spacial score (nSPS) is 26.4. The number of nitrogens with zero attached hydrogens (tertiary/aromatic N) is 1. The summed E-state index contributed by atoms with van der Waals surface area (Å²) in [5.74, 6) is 0.591. The fourth-order valence-corrected chi connectivity index (χ4v) is 3.08. The zero-order chi connectivity index (χ0) is 15.2. The number of amides is 1. The van der Waals surface area contributed by atoms with Crippen LogP contribution in [0.4, 0.5) is 0 Å². The second kappa shape index (κ2) is 7.99. The van der Waals surface area contributed by atoms with Gasteiger partial charge in [0.2, 0.25) is 5.91 Å². The molecular weight excluding hydrogens is 250 g/mol. The number of hydrogen-bond donors (Lipinski definition) is 2. The summed E-state index contributed by atoms with van der Waals surface area (Å²) in [4.78, 5) is 14.1. The maximum atomic E-state index is 11.7. The molecule has 20 heavy (non-hydrogen) atoms. The van der Waals surface area contributed by atoms with Gasteiger partial charge in [-0.05, 0) is 52.1 Å². The Labute approximate surface area is 124 Å². The Hall–Kier alpha value is -0.610. The molecule has 1 saturated carbocycles. The van der Waals surface area contributed by atoms with Crippen molar-refractivity contribution in [1.29, 1.82) is 0 Å². The van der Waals surface area contributed by atoms with Crippen LogP contribution in [0.25, 0.3) is 0 Å². The number of nitrogens with two attached hydrogens (primary N) is 1. The van der Waals surface area contributed by atoms with E-state index in [9.17, 15) is 4.79 Å². The van der Waals surface area contributed by atoms with Gasteiger partial charge < -0.3 is 16.0 Å². The zero-order valence-electron chi connectivity index (χ0n) is 13.7. The molecule has 4 nitrogen and oxygen atoms in total. The van der Waals surface area contributed by atoms with Gasteiger partial charge in [-0.3, -0.25) is 4.79 Å². The molecule has 1 aliphatic carbocycles. The summed E-state index contributed by atoms with van der Waals surface area (Å²) in [5.41, 5.74) is 5.00. The Morgan fingerprint density at radius 1 is 1.45 bits per heavy atom. The van der Waals surface area contributed by atoms with E-state index in [0.29, 0.717) is 6.04 Å². The molecule has 0 saturated heterocycles. The van der Waals surface area contributed by atoms with Gasteiger partial charge >= 0.3 is 0 Å². The van der Waals surface area contributed by atoms with Crippen molar-refractivity contribution in [3.63, 3.8) is 0 Å². The van der Waals surface area contributed by atoms with Crippen LogP contribution in [0, 0.1) is 5.92 Å². The van der Waals surface area contributed by atoms with E-state index in [-0.39, 0.29) is 5.91 Å². The second-order valence-corrected chi connectivity index (χ2v) is 6.78. The van der Waals surface area contributed by atoms with Crippen molar-refractivity contribution < 1.29 is 4.79 Å². The van der Waals surface area contributed by atoms with Crippen LogP contribution in [0.2, 0.25) is 0 Å². The molecule has 0 radical (unpaired) electrons. The maximum absolute atomic E-state index is 11.7. The van der Waals surface area contributed by atoms with Crippen molar-refractivity contribution >= 4 is 5.91 Å². The Balaban J connectivity index is 2.47. The van der Waals surface area contributed by atoms with Crippen molar-refractivity contribution in [2.24, 2.45) is 11.7 Å². The average Bonchev–Trinajstić information content (AvgIpc) is 2.42. The van der Waals surface area contributed by atoms with E-state index in [1.165, 1.54) is 25.7 Å². The van der Waals surface area contributed by atoms with Gasteiger partial charge in [-0.2, -0.15) is 0 Å². The first-order valence-corrected chi connectivity index (χ1v) is 8.14. The van der Waals surface area contributed by atoms with Crippen LogP contribution in [0.3, 0.4) is 0 Å². The van der Waals surface area contributed by atoms with Crippen LogP contribution in [0.15, 0.2) is 0 Å². The summed E-state index contributed by atoms with van der Waals surface area (Å²) >= 11 is 0. The molecule has 1 amide bonds. The molecule has 0 aromatic heterocycles. The molecule has 0 aromatic rings. The third-order valence-corrected chi connectivity index (χ3v) is 4.81. The van der Waals surface area contributed by atoms with Crippen molar-refractivity contribution in [3.05, 3.63) is 0 Å². The highest BCUT2D eigenvalue weighted by atomic mass is 16.1. The molecule has 1 aliphatic rings. The molecule has 0 aliphatic heterocycles. The SMILES string of the molecule is CCCNC(C)(CCN(C)C1CCCC(C)C1)C(N)=O. The summed E-state index contributed by atoms with van der Waals surface area (Å²) in [6, 6.07) is 0.669. The standard InChI is InChI=1S/C16H33N3O/c1-5-10-18-16(3,15(17)20)9-11-19(4)14-8-6-7-13(2)12-14/h13-14,18H,5-12H2,1-4H3,(H2,17,20). The fourth-order valence-electron chi connectivity index (χ4n) is 3.08. The summed E-state index contributed by atoms with van der Waals surface area (Å²) in [6.07, 6.45) is 7.06. The molecule has 3 unspecified atom stereocenters. The predicted molar refractivity (Wildman–Crippen MR) is 84.6 cm³/mol. The van der Waals surface area contributed by atoms with Gasteiger partial charge in [-0.25, -0.2) is 0 Å². The third-order valence-electron chi connectivity index (χ3n) is 4.81. The van der Waals surface area contributed by atoms with Crippen LogP contribution < -0.4 is 11.1 Å². The van der Waals surface area contributed by atoms with Gasteiger partial charge in [-0.1, -0.05) is 26.7 Å². The Morgan fingerprint density at radius 2 is 2.15 bits per heavy atom. The summed E-state index contributed by atoms with van der Waals surface area (Å²) < 4.78 is 0. The minimum absolute atomic E-state index is 0.239. The van der Waals surface area contributed by atoms with Crippen LogP contribution in [0.1, 0.15) is 59.3 Å². The van der Waals surface area contributed by atoms with E-state index in [1.54, 1.807) is 0 Å². The highest BCUT2D eigenvalue weighted by Crippen LogP contribution is 2.27. The van der Waals surface area contributed by atoms with Crippen LogP contribution >= 0.6 is 0 Å². The lowest BCUT2D eigenvalue weighted by Gasteiger charge is -2.36. The number of hydrogen-bond acceptors (Lipinski definition) is 3. The maximum Gasteiger partial charge on any atom is 0.237 e. The minimum atomic E-state index is -0.579. The number of nitrogens with one attached hydrogen (secondary N) is 1. The molecule has 1 rings (SSSR count).